The number of hydrogen-bond acceptors (Lipinski definition) is 5. The number of ether oxygens (including phenoxy) is 3. The molecular formula is C24H27N3O4. The first-order valence-corrected chi connectivity index (χ1v) is 10.4. The van der Waals surface area contributed by atoms with E-state index in [2.05, 4.69) is 14.9 Å². The number of carbonyl (C=O) groups is 1. The Morgan fingerprint density at radius 3 is 2.39 bits per heavy atom. The third-order valence-corrected chi connectivity index (χ3v) is 5.52. The number of aromatic nitrogens is 2. The smallest absolute Gasteiger partial charge is 0.228 e. The minimum Gasteiger partial charge on any atom is -0.493 e. The monoisotopic (exact) mass is 421 g/mol. The van der Waals surface area contributed by atoms with Gasteiger partial charge in [-0.15, -0.1) is 0 Å². The molecular weight excluding hydrogens is 394 g/mol. The number of nitrogens with one attached hydrogen (secondary N) is 1. The Kier molecular flexibility index (Phi) is 6.11. The summed E-state index contributed by atoms with van der Waals surface area (Å²) < 4.78 is 18.4. The van der Waals surface area contributed by atoms with Crippen LogP contribution in [0.2, 0.25) is 0 Å². The van der Waals surface area contributed by atoms with Gasteiger partial charge in [0.15, 0.2) is 11.5 Å². The molecule has 0 unspecified atom stereocenters. The van der Waals surface area contributed by atoms with Gasteiger partial charge >= 0.3 is 0 Å². The lowest BCUT2D eigenvalue weighted by Gasteiger charge is -2.16. The van der Waals surface area contributed by atoms with Gasteiger partial charge in [-0.3, -0.25) is 4.79 Å². The second-order valence-electron chi connectivity index (χ2n) is 7.52. The molecule has 1 N–H and O–H groups in total. The lowest BCUT2D eigenvalue weighted by atomic mass is 10.1. The van der Waals surface area contributed by atoms with E-state index in [4.69, 9.17) is 14.2 Å². The first kappa shape index (κ1) is 20.8. The van der Waals surface area contributed by atoms with Crippen molar-refractivity contribution in [2.75, 3.05) is 26.6 Å². The lowest BCUT2D eigenvalue weighted by Crippen LogP contribution is -2.14. The average molecular weight is 421 g/mol. The Hall–Kier alpha value is -3.48. The summed E-state index contributed by atoms with van der Waals surface area (Å²) in [6.45, 7) is 1.01. The molecule has 3 aromatic rings. The highest BCUT2D eigenvalue weighted by Gasteiger charge is 2.16. The molecule has 0 fully saturated rings. The van der Waals surface area contributed by atoms with Crippen LogP contribution in [0.25, 0.3) is 11.4 Å². The van der Waals surface area contributed by atoms with E-state index >= 15 is 0 Å². The lowest BCUT2D eigenvalue weighted by molar-refractivity contribution is -0.115. The van der Waals surface area contributed by atoms with Crippen LogP contribution in [0.5, 0.6) is 17.2 Å². The maximum atomic E-state index is 12.6. The quantitative estimate of drug-likeness (QED) is 0.622. The zero-order valence-electron chi connectivity index (χ0n) is 18.1. The Morgan fingerprint density at radius 2 is 1.74 bits per heavy atom. The Morgan fingerprint density at radius 1 is 1.03 bits per heavy atom. The molecule has 1 aromatic heterocycles. The highest BCUT2D eigenvalue weighted by Crippen LogP contribution is 2.38. The van der Waals surface area contributed by atoms with E-state index in [-0.39, 0.29) is 12.3 Å². The predicted molar refractivity (Wildman–Crippen MR) is 119 cm³/mol. The van der Waals surface area contributed by atoms with Gasteiger partial charge in [0.05, 0.1) is 27.8 Å². The van der Waals surface area contributed by atoms with Crippen LogP contribution in [0.3, 0.4) is 0 Å². The molecule has 0 radical (unpaired) electrons. The van der Waals surface area contributed by atoms with Crippen LogP contribution in [0.1, 0.15) is 24.1 Å². The number of nitrogens with zero attached hydrogens (tertiary/aromatic N) is 2. The van der Waals surface area contributed by atoms with E-state index in [1.165, 1.54) is 18.5 Å². The van der Waals surface area contributed by atoms with Gasteiger partial charge in [-0.1, -0.05) is 0 Å². The number of anilines is 1. The van der Waals surface area contributed by atoms with E-state index in [1.807, 2.05) is 30.5 Å². The van der Waals surface area contributed by atoms with Crippen molar-refractivity contribution < 1.29 is 19.0 Å². The van der Waals surface area contributed by atoms with Crippen LogP contribution in [0.4, 0.5) is 5.69 Å². The number of benzene rings is 2. The van der Waals surface area contributed by atoms with Crippen LogP contribution in [-0.2, 0) is 24.2 Å². The molecule has 0 atom stereocenters. The molecule has 0 saturated carbocycles. The highest BCUT2D eigenvalue weighted by atomic mass is 16.5. The van der Waals surface area contributed by atoms with Crippen molar-refractivity contribution in [3.8, 4) is 28.6 Å². The second-order valence-corrected chi connectivity index (χ2v) is 7.52. The number of rotatable bonds is 7. The van der Waals surface area contributed by atoms with E-state index < -0.39 is 0 Å². The van der Waals surface area contributed by atoms with Crippen molar-refractivity contribution in [1.82, 2.24) is 9.55 Å². The summed E-state index contributed by atoms with van der Waals surface area (Å²) in [6.07, 6.45) is 5.66. The molecule has 0 bridgehead atoms. The zero-order chi connectivity index (χ0) is 21.8. The molecule has 4 rings (SSSR count). The summed E-state index contributed by atoms with van der Waals surface area (Å²) in [4.78, 5) is 17.2. The molecule has 0 aliphatic carbocycles. The molecule has 2 heterocycles. The van der Waals surface area contributed by atoms with Gasteiger partial charge in [-0.2, -0.15) is 0 Å². The molecule has 1 amide bonds. The Labute approximate surface area is 182 Å². The highest BCUT2D eigenvalue weighted by molar-refractivity contribution is 5.92. The summed E-state index contributed by atoms with van der Waals surface area (Å²) in [5.74, 6) is 2.42. The van der Waals surface area contributed by atoms with E-state index in [1.54, 1.807) is 33.5 Å². The fraction of sp³-hybridized carbons (Fsp3) is 0.333. The van der Waals surface area contributed by atoms with Gasteiger partial charge < -0.3 is 24.1 Å². The van der Waals surface area contributed by atoms with Crippen molar-refractivity contribution in [2.24, 2.45) is 0 Å². The minimum absolute atomic E-state index is 0.125. The van der Waals surface area contributed by atoms with Crippen molar-refractivity contribution >= 4 is 11.6 Å². The van der Waals surface area contributed by atoms with Crippen LogP contribution in [-0.4, -0.2) is 36.8 Å². The van der Waals surface area contributed by atoms with E-state index in [0.717, 1.165) is 35.6 Å². The largest absolute Gasteiger partial charge is 0.493 e. The van der Waals surface area contributed by atoms with E-state index in [9.17, 15) is 4.79 Å². The molecule has 0 saturated heterocycles. The third-order valence-electron chi connectivity index (χ3n) is 5.52. The van der Waals surface area contributed by atoms with Crippen LogP contribution in [0.15, 0.2) is 42.6 Å². The number of imidazole rings is 1. The number of fused-ring (bicyclic) bond motifs is 1. The first-order valence-electron chi connectivity index (χ1n) is 10.4. The second kappa shape index (κ2) is 9.12. The molecule has 2 aromatic carbocycles. The first-order chi connectivity index (χ1) is 15.1. The van der Waals surface area contributed by atoms with Gasteiger partial charge in [0.1, 0.15) is 5.82 Å². The number of hydrogen-bond donors (Lipinski definition) is 1. The Balaban J connectivity index is 1.45. The van der Waals surface area contributed by atoms with Crippen molar-refractivity contribution in [2.45, 2.75) is 32.2 Å². The maximum Gasteiger partial charge on any atom is 0.228 e. The van der Waals surface area contributed by atoms with Gasteiger partial charge in [0.2, 0.25) is 11.7 Å². The van der Waals surface area contributed by atoms with Gasteiger partial charge in [-0.25, -0.2) is 4.98 Å². The number of aryl methyl sites for hydroxylation is 1. The molecule has 7 heteroatoms. The fourth-order valence-corrected chi connectivity index (χ4v) is 4.00. The molecule has 0 spiro atoms. The standard InChI is InChI=1S/C24H27N3O4/c1-29-20-12-16(13-21(30-2)23(20)31-3)14-22(28)26-18-9-7-17(8-10-18)24-25-15-19-6-4-5-11-27(19)24/h7-10,12-13,15H,4-6,11,14H2,1-3H3,(H,26,28). The summed E-state index contributed by atoms with van der Waals surface area (Å²) in [6, 6.07) is 11.4. The van der Waals surface area contributed by atoms with E-state index in [0.29, 0.717) is 17.2 Å². The molecule has 1 aliphatic heterocycles. The fourth-order valence-electron chi connectivity index (χ4n) is 4.00. The molecule has 162 valence electrons. The van der Waals surface area contributed by atoms with Crippen LogP contribution < -0.4 is 19.5 Å². The Bertz CT molecular complexity index is 1050. The third kappa shape index (κ3) is 4.35. The number of methoxy groups -OCH3 is 3. The van der Waals surface area contributed by atoms with Gasteiger partial charge in [0.25, 0.3) is 0 Å². The maximum absolute atomic E-state index is 12.6. The average Bonchev–Trinajstić information content (AvgIpc) is 3.23. The van der Waals surface area contributed by atoms with Gasteiger partial charge in [-0.05, 0) is 61.2 Å². The topological polar surface area (TPSA) is 74.6 Å². The van der Waals surface area contributed by atoms with Crippen LogP contribution in [0, 0.1) is 0 Å². The molecule has 7 nitrogen and oxygen atoms in total. The summed E-state index contributed by atoms with van der Waals surface area (Å²) in [7, 11) is 4.66. The molecule has 1 aliphatic rings. The van der Waals surface area contributed by atoms with Crippen molar-refractivity contribution in [3.63, 3.8) is 0 Å². The summed E-state index contributed by atoms with van der Waals surface area (Å²) >= 11 is 0. The summed E-state index contributed by atoms with van der Waals surface area (Å²) in [5.41, 5.74) is 3.86. The van der Waals surface area contributed by atoms with Gasteiger partial charge in [0, 0.05) is 29.7 Å². The minimum atomic E-state index is -0.125. The predicted octanol–water partition coefficient (Wildman–Crippen LogP) is 4.09. The molecule has 31 heavy (non-hydrogen) atoms. The normalized spacial score (nSPS) is 12.7. The number of carbonyl (C=O) groups excluding carboxylic acids is 1. The summed E-state index contributed by atoms with van der Waals surface area (Å²) in [5, 5.41) is 2.95. The zero-order valence-corrected chi connectivity index (χ0v) is 18.1. The SMILES string of the molecule is COc1cc(CC(=O)Nc2ccc(-c3ncc4n3CCCC4)cc2)cc(OC)c1OC. The van der Waals surface area contributed by atoms with Crippen molar-refractivity contribution in [1.29, 1.82) is 0 Å². The van der Waals surface area contributed by atoms with Crippen LogP contribution >= 0.6 is 0 Å². The number of amides is 1. The van der Waals surface area contributed by atoms with Crippen molar-refractivity contribution in [3.05, 3.63) is 53.9 Å².